The predicted molar refractivity (Wildman–Crippen MR) is 77.4 cm³/mol. The van der Waals surface area contributed by atoms with E-state index in [1.165, 1.54) is 0 Å². The number of carbonyl (C=O) groups excluding carboxylic acids is 1. The third kappa shape index (κ3) is 6.78. The quantitative estimate of drug-likeness (QED) is 0.842. The summed E-state index contributed by atoms with van der Waals surface area (Å²) in [6.45, 7) is 9.33. The fraction of sp³-hybridized carbons (Fsp3) is 0.929. The molecule has 1 aliphatic heterocycles. The molecule has 0 aromatic rings. The summed E-state index contributed by atoms with van der Waals surface area (Å²) in [5.41, 5.74) is -0.405. The average molecular weight is 271 g/mol. The number of ether oxygens (including phenoxy) is 1. The molecule has 112 valence electrons. The van der Waals surface area contributed by atoms with E-state index >= 15 is 0 Å². The molecule has 0 saturated carbocycles. The van der Waals surface area contributed by atoms with Crippen LogP contribution in [0.15, 0.2) is 0 Å². The summed E-state index contributed by atoms with van der Waals surface area (Å²) < 4.78 is 5.38. The van der Waals surface area contributed by atoms with Gasteiger partial charge in [0, 0.05) is 32.2 Å². The third-order valence-corrected chi connectivity index (χ3v) is 3.14. The van der Waals surface area contributed by atoms with Crippen LogP contribution in [0.2, 0.25) is 0 Å². The molecule has 19 heavy (non-hydrogen) atoms. The van der Waals surface area contributed by atoms with Crippen LogP contribution in [0.1, 0.15) is 33.6 Å². The van der Waals surface area contributed by atoms with E-state index in [1.54, 1.807) is 0 Å². The van der Waals surface area contributed by atoms with Gasteiger partial charge in [-0.15, -0.1) is 0 Å². The second kappa shape index (κ2) is 7.10. The van der Waals surface area contributed by atoms with Gasteiger partial charge in [-0.3, -0.25) is 0 Å². The number of carbonyl (C=O) groups is 1. The Bertz CT molecular complexity index is 279. The smallest absolute Gasteiger partial charge is 0.410 e. The zero-order valence-corrected chi connectivity index (χ0v) is 13.0. The Morgan fingerprint density at radius 3 is 2.37 bits per heavy atom. The zero-order chi connectivity index (χ0) is 14.5. The molecule has 1 aliphatic rings. The lowest BCUT2D eigenvalue weighted by atomic mass is 10.1. The fourth-order valence-corrected chi connectivity index (χ4v) is 2.08. The van der Waals surface area contributed by atoms with Crippen LogP contribution < -0.4 is 5.32 Å². The van der Waals surface area contributed by atoms with Gasteiger partial charge in [0.25, 0.3) is 0 Å². The molecular formula is C14H29N3O2. The third-order valence-electron chi connectivity index (χ3n) is 3.14. The minimum Gasteiger partial charge on any atom is -0.444 e. The summed E-state index contributed by atoms with van der Waals surface area (Å²) in [5.74, 6) is 0. The van der Waals surface area contributed by atoms with E-state index in [0.29, 0.717) is 6.04 Å². The first-order valence-corrected chi connectivity index (χ1v) is 7.14. The zero-order valence-electron chi connectivity index (χ0n) is 13.0. The average Bonchev–Trinajstić information content (AvgIpc) is 2.27. The number of nitrogens with zero attached hydrogens (tertiary/aromatic N) is 2. The summed E-state index contributed by atoms with van der Waals surface area (Å²) >= 11 is 0. The number of piperidine rings is 1. The van der Waals surface area contributed by atoms with Crippen LogP contribution in [-0.2, 0) is 4.74 Å². The monoisotopic (exact) mass is 271 g/mol. The molecule has 0 radical (unpaired) electrons. The van der Waals surface area contributed by atoms with Gasteiger partial charge in [-0.2, -0.15) is 0 Å². The van der Waals surface area contributed by atoms with Gasteiger partial charge in [0.1, 0.15) is 5.60 Å². The summed E-state index contributed by atoms with van der Waals surface area (Å²) in [4.78, 5) is 15.9. The van der Waals surface area contributed by atoms with Crippen molar-refractivity contribution in [1.82, 2.24) is 15.1 Å². The SMILES string of the molecule is CN(C)CCNC1CCN(C(=O)OC(C)(C)C)CC1. The molecule has 1 N–H and O–H groups in total. The number of rotatable bonds is 4. The molecule has 1 rings (SSSR count). The van der Waals surface area contributed by atoms with Gasteiger partial charge in [-0.1, -0.05) is 0 Å². The van der Waals surface area contributed by atoms with Crippen molar-refractivity contribution in [3.8, 4) is 0 Å². The molecule has 0 unspecified atom stereocenters. The maximum atomic E-state index is 11.9. The van der Waals surface area contributed by atoms with E-state index in [9.17, 15) is 4.79 Å². The van der Waals surface area contributed by atoms with Crippen LogP contribution in [-0.4, -0.2) is 67.8 Å². The van der Waals surface area contributed by atoms with Crippen LogP contribution in [0, 0.1) is 0 Å². The Labute approximate surface area is 117 Å². The van der Waals surface area contributed by atoms with E-state index in [-0.39, 0.29) is 6.09 Å². The van der Waals surface area contributed by atoms with Crippen LogP contribution in [0.5, 0.6) is 0 Å². The number of nitrogens with one attached hydrogen (secondary N) is 1. The van der Waals surface area contributed by atoms with Crippen molar-refractivity contribution in [1.29, 1.82) is 0 Å². The lowest BCUT2D eigenvalue weighted by Crippen LogP contribution is -2.47. The van der Waals surface area contributed by atoms with Gasteiger partial charge in [0.2, 0.25) is 0 Å². The van der Waals surface area contributed by atoms with Crippen molar-refractivity contribution in [2.24, 2.45) is 0 Å². The van der Waals surface area contributed by atoms with Crippen molar-refractivity contribution in [2.75, 3.05) is 40.3 Å². The van der Waals surface area contributed by atoms with Crippen LogP contribution >= 0.6 is 0 Å². The van der Waals surface area contributed by atoms with Crippen molar-refractivity contribution in [3.63, 3.8) is 0 Å². The van der Waals surface area contributed by atoms with Crippen molar-refractivity contribution in [3.05, 3.63) is 0 Å². The molecule has 0 aromatic heterocycles. The largest absolute Gasteiger partial charge is 0.444 e. The van der Waals surface area contributed by atoms with Gasteiger partial charge in [0.05, 0.1) is 0 Å². The topological polar surface area (TPSA) is 44.8 Å². The Morgan fingerprint density at radius 2 is 1.89 bits per heavy atom. The van der Waals surface area contributed by atoms with E-state index in [2.05, 4.69) is 24.3 Å². The predicted octanol–water partition coefficient (Wildman–Crippen LogP) is 1.54. The Morgan fingerprint density at radius 1 is 1.32 bits per heavy atom. The molecule has 0 bridgehead atoms. The number of likely N-dealkylation sites (N-methyl/N-ethyl adjacent to an activating group) is 1. The number of amides is 1. The second-order valence-electron chi connectivity index (χ2n) is 6.50. The Balaban J connectivity index is 2.23. The standard InChI is InChI=1S/C14H29N3O2/c1-14(2,3)19-13(18)17-9-6-12(7-10-17)15-8-11-16(4)5/h12,15H,6-11H2,1-5H3. The molecule has 0 atom stereocenters. The van der Waals surface area contributed by atoms with E-state index in [0.717, 1.165) is 39.0 Å². The lowest BCUT2D eigenvalue weighted by Gasteiger charge is -2.34. The first kappa shape index (κ1) is 16.2. The molecule has 0 spiro atoms. The van der Waals surface area contributed by atoms with Gasteiger partial charge < -0.3 is 19.9 Å². The van der Waals surface area contributed by atoms with E-state index < -0.39 is 5.60 Å². The lowest BCUT2D eigenvalue weighted by molar-refractivity contribution is 0.0198. The van der Waals surface area contributed by atoms with Crippen LogP contribution in [0.25, 0.3) is 0 Å². The highest BCUT2D eigenvalue weighted by atomic mass is 16.6. The van der Waals surface area contributed by atoms with E-state index in [1.807, 2.05) is 25.7 Å². The number of hydrogen-bond acceptors (Lipinski definition) is 4. The fourth-order valence-electron chi connectivity index (χ4n) is 2.08. The second-order valence-corrected chi connectivity index (χ2v) is 6.50. The van der Waals surface area contributed by atoms with Crippen molar-refractivity contribution in [2.45, 2.75) is 45.3 Å². The molecule has 1 fully saturated rings. The minimum absolute atomic E-state index is 0.181. The number of likely N-dealkylation sites (tertiary alicyclic amines) is 1. The molecular weight excluding hydrogens is 242 g/mol. The minimum atomic E-state index is -0.405. The molecule has 1 saturated heterocycles. The Hall–Kier alpha value is -0.810. The van der Waals surface area contributed by atoms with Crippen LogP contribution in [0.3, 0.4) is 0 Å². The molecule has 5 nitrogen and oxygen atoms in total. The summed E-state index contributed by atoms with van der Waals surface area (Å²) in [6.07, 6.45) is 1.83. The highest BCUT2D eigenvalue weighted by Crippen LogP contribution is 2.15. The summed E-state index contributed by atoms with van der Waals surface area (Å²) in [6, 6.07) is 0.527. The normalized spacial score (nSPS) is 17.9. The highest BCUT2D eigenvalue weighted by molar-refractivity contribution is 5.68. The first-order chi connectivity index (χ1) is 8.78. The van der Waals surface area contributed by atoms with Crippen molar-refractivity contribution < 1.29 is 9.53 Å². The summed E-state index contributed by atoms with van der Waals surface area (Å²) in [5, 5.41) is 3.54. The van der Waals surface area contributed by atoms with Crippen LogP contribution in [0.4, 0.5) is 4.79 Å². The number of hydrogen-bond donors (Lipinski definition) is 1. The molecule has 5 heteroatoms. The molecule has 1 amide bonds. The van der Waals surface area contributed by atoms with Gasteiger partial charge in [0.15, 0.2) is 0 Å². The maximum Gasteiger partial charge on any atom is 0.410 e. The highest BCUT2D eigenvalue weighted by Gasteiger charge is 2.26. The molecule has 0 aromatic carbocycles. The maximum absolute atomic E-state index is 11.9. The first-order valence-electron chi connectivity index (χ1n) is 7.14. The van der Waals surface area contributed by atoms with Gasteiger partial charge in [-0.05, 0) is 47.7 Å². The molecule has 0 aliphatic carbocycles. The molecule has 1 heterocycles. The van der Waals surface area contributed by atoms with Crippen molar-refractivity contribution >= 4 is 6.09 Å². The Kier molecular flexibility index (Phi) is 6.07. The van der Waals surface area contributed by atoms with Gasteiger partial charge in [-0.25, -0.2) is 4.79 Å². The summed E-state index contributed by atoms with van der Waals surface area (Å²) in [7, 11) is 4.15. The van der Waals surface area contributed by atoms with E-state index in [4.69, 9.17) is 4.74 Å². The van der Waals surface area contributed by atoms with Gasteiger partial charge >= 0.3 is 6.09 Å².